The predicted molar refractivity (Wildman–Crippen MR) is 29.8 cm³/mol. The Morgan fingerprint density at radius 2 is 1.75 bits per heavy atom. The van der Waals surface area contributed by atoms with Gasteiger partial charge in [0.15, 0.2) is 0 Å². The Hall–Kier alpha value is 0.683. The van der Waals surface area contributed by atoms with E-state index in [0.717, 1.165) is 0 Å². The van der Waals surface area contributed by atoms with E-state index in [2.05, 4.69) is 0 Å². The first-order chi connectivity index (χ1) is 3.06. The third kappa shape index (κ3) is 9.84. The first-order valence-electron chi connectivity index (χ1n) is 2.11. The van der Waals surface area contributed by atoms with Gasteiger partial charge in [0.05, 0.1) is 0 Å². The Balaban J connectivity index is 0. The molecule has 1 atom stereocenters. The molecule has 0 saturated heterocycles. The maximum Gasteiger partial charge on any atom is 0.494 e. The monoisotopic (exact) mass is 185 g/mol. The quantitative estimate of drug-likeness (QED) is 0.461. The van der Waals surface area contributed by atoms with Crippen LogP contribution in [0.3, 0.4) is 0 Å². The van der Waals surface area contributed by atoms with E-state index in [1.54, 1.807) is 0 Å². The molecule has 0 aliphatic rings. The summed E-state index contributed by atoms with van der Waals surface area (Å²) in [7, 11) is -0.641. The Morgan fingerprint density at radius 1 is 1.38 bits per heavy atom. The van der Waals surface area contributed by atoms with Gasteiger partial charge in [-0.25, -0.2) is 0 Å². The average molecular weight is 186 g/mol. The first kappa shape index (κ1) is 11.5. The van der Waals surface area contributed by atoms with Gasteiger partial charge in [-0.05, 0) is 25.3 Å². The molecule has 0 aliphatic carbocycles. The molecule has 0 aromatic heterocycles. The summed E-state index contributed by atoms with van der Waals surface area (Å²) in [5.41, 5.74) is -0.250. The van der Waals surface area contributed by atoms with Gasteiger partial charge < -0.3 is 0 Å². The second kappa shape index (κ2) is 4.55. The van der Waals surface area contributed by atoms with Crippen molar-refractivity contribution in [3.8, 4) is 0 Å². The molecule has 2 nitrogen and oxygen atoms in total. The van der Waals surface area contributed by atoms with Gasteiger partial charge in [-0.2, -0.15) is 0 Å². The van der Waals surface area contributed by atoms with Crippen molar-refractivity contribution in [1.29, 1.82) is 0 Å². The van der Waals surface area contributed by atoms with Crippen LogP contribution in [-0.4, -0.2) is 5.60 Å². The van der Waals surface area contributed by atoms with Crippen LogP contribution in [0.1, 0.15) is 20.8 Å². The van der Waals surface area contributed by atoms with Crippen molar-refractivity contribution in [2.75, 3.05) is 0 Å². The molecule has 4 heteroatoms. The van der Waals surface area contributed by atoms with E-state index in [9.17, 15) is 4.57 Å². The zero-order chi connectivity index (χ0) is 5.91. The van der Waals surface area contributed by atoms with Crippen LogP contribution >= 0.6 is 8.69 Å². The summed E-state index contributed by atoms with van der Waals surface area (Å²) in [4.78, 5) is 0. The molecule has 0 heterocycles. The zero-order valence-corrected chi connectivity index (χ0v) is 9.49. The molecule has 0 saturated carbocycles. The molecule has 0 aromatic carbocycles. The molecule has 0 rings (SSSR count). The van der Waals surface area contributed by atoms with Crippen LogP contribution in [0.2, 0.25) is 0 Å². The maximum absolute atomic E-state index is 9.75. The minimum absolute atomic E-state index is 0. The van der Waals surface area contributed by atoms with Gasteiger partial charge in [0.25, 0.3) is 0 Å². The van der Waals surface area contributed by atoms with Crippen molar-refractivity contribution in [2.24, 2.45) is 0 Å². The van der Waals surface area contributed by atoms with E-state index >= 15 is 0 Å². The fourth-order valence-corrected chi connectivity index (χ4v) is 0.375. The minimum Gasteiger partial charge on any atom is -0.142 e. The summed E-state index contributed by atoms with van der Waals surface area (Å²) in [5, 5.41) is 0. The van der Waals surface area contributed by atoms with Crippen LogP contribution in [0, 0.1) is 0 Å². The van der Waals surface area contributed by atoms with Crippen molar-refractivity contribution in [3.05, 3.63) is 0 Å². The Bertz CT molecular complexity index is 68.9. The molecule has 44 valence electrons. The second-order valence-corrected chi connectivity index (χ2v) is 2.67. The molecule has 1 unspecified atom stereocenters. The van der Waals surface area contributed by atoms with Gasteiger partial charge in [0.1, 0.15) is 5.60 Å². The third-order valence-electron chi connectivity index (χ3n) is 0.348. The zero-order valence-electron chi connectivity index (χ0n) is 5.52. The fourth-order valence-electron chi connectivity index (χ4n) is 0.125. The maximum atomic E-state index is 9.75. The average Bonchev–Trinajstić information content (AvgIpc) is 1.30. The summed E-state index contributed by atoms with van der Waals surface area (Å²) in [5.74, 6) is 0. The van der Waals surface area contributed by atoms with Gasteiger partial charge in [0, 0.05) is 19.5 Å². The van der Waals surface area contributed by atoms with Gasteiger partial charge >= 0.3 is 8.69 Å². The molecule has 0 N–H and O–H groups in total. The van der Waals surface area contributed by atoms with Crippen molar-refractivity contribution in [1.82, 2.24) is 0 Å². The van der Waals surface area contributed by atoms with E-state index in [0.29, 0.717) is 0 Å². The standard InChI is InChI=1S/C4H10O2P.Zn/c1-4(2,3)6-7-5;/h7H,1-3H3;/q+1;. The molecular weight excluding hydrogens is 176 g/mol. The molecule has 0 fully saturated rings. The van der Waals surface area contributed by atoms with Crippen LogP contribution in [0.25, 0.3) is 0 Å². The van der Waals surface area contributed by atoms with Gasteiger partial charge in [-0.1, -0.05) is 0 Å². The molecule has 8 heavy (non-hydrogen) atoms. The van der Waals surface area contributed by atoms with Crippen LogP contribution < -0.4 is 0 Å². The molecule has 0 bridgehead atoms. The summed E-state index contributed by atoms with van der Waals surface area (Å²) >= 11 is 0. The topological polar surface area (TPSA) is 26.3 Å². The number of rotatable bonds is 1. The largest absolute Gasteiger partial charge is 0.494 e. The molecular formula is C4H10O2PZn+. The first-order valence-corrected chi connectivity index (χ1v) is 2.93. The summed E-state index contributed by atoms with van der Waals surface area (Å²) in [6, 6.07) is 0. The van der Waals surface area contributed by atoms with Crippen LogP contribution in [-0.2, 0) is 28.6 Å². The summed E-state index contributed by atoms with van der Waals surface area (Å²) < 4.78 is 14.5. The predicted octanol–water partition coefficient (Wildman–Crippen LogP) is 1.74. The van der Waals surface area contributed by atoms with Crippen LogP contribution in [0.15, 0.2) is 0 Å². The normalized spacial score (nSPS) is 10.9. The van der Waals surface area contributed by atoms with Crippen LogP contribution in [0.5, 0.6) is 0 Å². The summed E-state index contributed by atoms with van der Waals surface area (Å²) in [6.07, 6.45) is 0. The van der Waals surface area contributed by atoms with Gasteiger partial charge in [0.2, 0.25) is 0 Å². The third-order valence-corrected chi connectivity index (χ3v) is 1.04. The van der Waals surface area contributed by atoms with Crippen molar-refractivity contribution in [2.45, 2.75) is 26.4 Å². The molecule has 0 spiro atoms. The van der Waals surface area contributed by atoms with E-state index < -0.39 is 8.69 Å². The van der Waals surface area contributed by atoms with E-state index in [1.807, 2.05) is 20.8 Å². The van der Waals surface area contributed by atoms with Gasteiger partial charge in [-0.15, -0.1) is 4.52 Å². The molecule has 0 aliphatic heterocycles. The van der Waals surface area contributed by atoms with E-state index in [1.165, 1.54) is 0 Å². The Labute approximate surface area is 64.0 Å². The summed E-state index contributed by atoms with van der Waals surface area (Å²) in [6.45, 7) is 5.58. The smallest absolute Gasteiger partial charge is 0.142 e. The fraction of sp³-hybridized carbons (Fsp3) is 1.00. The van der Waals surface area contributed by atoms with E-state index in [4.69, 9.17) is 4.52 Å². The van der Waals surface area contributed by atoms with Crippen molar-refractivity contribution in [3.63, 3.8) is 0 Å². The van der Waals surface area contributed by atoms with Gasteiger partial charge in [-0.3, -0.25) is 0 Å². The Kier molecular flexibility index (Phi) is 6.53. The van der Waals surface area contributed by atoms with Crippen molar-refractivity contribution < 1.29 is 28.6 Å². The van der Waals surface area contributed by atoms with Crippen molar-refractivity contribution >= 4 is 8.69 Å². The number of hydrogen-bond acceptors (Lipinski definition) is 2. The Morgan fingerprint density at radius 3 is 1.75 bits per heavy atom. The molecule has 0 radical (unpaired) electrons. The second-order valence-electron chi connectivity index (χ2n) is 2.30. The van der Waals surface area contributed by atoms with E-state index in [-0.39, 0.29) is 25.1 Å². The molecule has 0 amide bonds. The van der Waals surface area contributed by atoms with Crippen LogP contribution in [0.4, 0.5) is 0 Å². The molecule has 0 aromatic rings. The minimum atomic E-state index is -0.641. The number of hydrogen-bond donors (Lipinski definition) is 0. The SMILES string of the molecule is CC(C)(C)O[PH+]=O.[Zn].